The summed E-state index contributed by atoms with van der Waals surface area (Å²) in [5.41, 5.74) is 1.73. The van der Waals surface area contributed by atoms with Gasteiger partial charge in [0.25, 0.3) is 5.91 Å². The molecule has 5 nitrogen and oxygen atoms in total. The second kappa shape index (κ2) is 7.72. The topological polar surface area (TPSA) is 66.9 Å². The molecule has 2 N–H and O–H groups in total. The number of amides is 1. The van der Waals surface area contributed by atoms with E-state index in [1.807, 2.05) is 0 Å². The largest absolute Gasteiger partial charge is 0.365 e. The van der Waals surface area contributed by atoms with E-state index < -0.39 is 0 Å². The molecule has 7 heteroatoms. The summed E-state index contributed by atoms with van der Waals surface area (Å²) in [6.45, 7) is 0.477. The first-order valence-corrected chi connectivity index (χ1v) is 7.85. The molecule has 0 radical (unpaired) electrons. The molecule has 0 aliphatic carbocycles. The second-order valence-corrected chi connectivity index (χ2v) is 5.66. The number of anilines is 2. The van der Waals surface area contributed by atoms with Crippen LogP contribution in [-0.2, 0) is 6.54 Å². The molecule has 0 bridgehead atoms. The highest BCUT2D eigenvalue weighted by Crippen LogP contribution is 2.14. The van der Waals surface area contributed by atoms with Crippen LogP contribution in [0.15, 0.2) is 60.9 Å². The van der Waals surface area contributed by atoms with E-state index in [1.165, 1.54) is 24.5 Å². The summed E-state index contributed by atoms with van der Waals surface area (Å²) < 4.78 is 12.9. The van der Waals surface area contributed by atoms with Gasteiger partial charge in [-0.1, -0.05) is 23.7 Å². The zero-order chi connectivity index (χ0) is 17.6. The van der Waals surface area contributed by atoms with Crippen LogP contribution in [0, 0.1) is 5.82 Å². The van der Waals surface area contributed by atoms with Gasteiger partial charge < -0.3 is 10.6 Å². The SMILES string of the molecule is O=C(Nc1ccc(Cl)cc1)c1cnc(NCc2ccc(F)cc2)cn1. The smallest absolute Gasteiger partial charge is 0.275 e. The predicted molar refractivity (Wildman–Crippen MR) is 95.2 cm³/mol. The summed E-state index contributed by atoms with van der Waals surface area (Å²) in [6, 6.07) is 12.9. The predicted octanol–water partition coefficient (Wildman–Crippen LogP) is 4.13. The first-order chi connectivity index (χ1) is 12.1. The molecule has 0 aliphatic heterocycles. The summed E-state index contributed by atoms with van der Waals surface area (Å²) in [5, 5.41) is 6.36. The van der Waals surface area contributed by atoms with Crippen LogP contribution in [0.3, 0.4) is 0 Å². The normalized spacial score (nSPS) is 10.3. The van der Waals surface area contributed by atoms with E-state index >= 15 is 0 Å². The lowest BCUT2D eigenvalue weighted by Gasteiger charge is -2.07. The molecule has 2 aromatic carbocycles. The number of carbonyl (C=O) groups is 1. The van der Waals surface area contributed by atoms with E-state index in [1.54, 1.807) is 36.4 Å². The number of benzene rings is 2. The van der Waals surface area contributed by atoms with Crippen molar-refractivity contribution in [1.29, 1.82) is 0 Å². The number of rotatable bonds is 5. The Morgan fingerprint density at radius 2 is 1.72 bits per heavy atom. The number of aromatic nitrogens is 2. The minimum Gasteiger partial charge on any atom is -0.365 e. The van der Waals surface area contributed by atoms with Gasteiger partial charge in [0, 0.05) is 17.3 Å². The zero-order valence-electron chi connectivity index (χ0n) is 13.0. The van der Waals surface area contributed by atoms with Crippen molar-refractivity contribution in [3.63, 3.8) is 0 Å². The fraction of sp³-hybridized carbons (Fsp3) is 0.0556. The zero-order valence-corrected chi connectivity index (χ0v) is 13.8. The molecule has 126 valence electrons. The third kappa shape index (κ3) is 4.74. The minimum atomic E-state index is -0.361. The van der Waals surface area contributed by atoms with E-state index in [2.05, 4.69) is 20.6 Å². The number of nitrogens with zero attached hydrogens (tertiary/aromatic N) is 2. The van der Waals surface area contributed by atoms with Crippen molar-refractivity contribution >= 4 is 29.0 Å². The summed E-state index contributed by atoms with van der Waals surface area (Å²) in [4.78, 5) is 20.4. The molecule has 1 amide bonds. The molecule has 0 atom stereocenters. The van der Waals surface area contributed by atoms with Crippen molar-refractivity contribution in [3.8, 4) is 0 Å². The van der Waals surface area contributed by atoms with Crippen LogP contribution in [0.1, 0.15) is 16.1 Å². The number of hydrogen-bond donors (Lipinski definition) is 2. The Bertz CT molecular complexity index is 852. The van der Waals surface area contributed by atoms with Gasteiger partial charge in [-0.15, -0.1) is 0 Å². The van der Waals surface area contributed by atoms with Crippen molar-refractivity contribution in [3.05, 3.63) is 83.0 Å². The summed E-state index contributed by atoms with van der Waals surface area (Å²) in [6.07, 6.45) is 2.86. The molecule has 0 saturated heterocycles. The van der Waals surface area contributed by atoms with Crippen LogP contribution in [0.5, 0.6) is 0 Å². The minimum absolute atomic E-state index is 0.197. The average Bonchev–Trinajstić information content (AvgIpc) is 2.63. The van der Waals surface area contributed by atoms with Gasteiger partial charge in [0.2, 0.25) is 0 Å². The third-order valence-electron chi connectivity index (χ3n) is 3.37. The maximum absolute atomic E-state index is 12.9. The molecule has 0 unspecified atom stereocenters. The van der Waals surface area contributed by atoms with Crippen LogP contribution in [0.25, 0.3) is 0 Å². The Hall–Kier alpha value is -2.99. The van der Waals surface area contributed by atoms with Crippen LogP contribution < -0.4 is 10.6 Å². The molecule has 3 rings (SSSR count). The number of halogens is 2. The van der Waals surface area contributed by atoms with Crippen molar-refractivity contribution < 1.29 is 9.18 Å². The molecular formula is C18H14ClFN4O. The average molecular weight is 357 g/mol. The van der Waals surface area contributed by atoms with E-state index in [4.69, 9.17) is 11.6 Å². The van der Waals surface area contributed by atoms with Gasteiger partial charge in [-0.2, -0.15) is 0 Å². The number of carbonyl (C=O) groups excluding carboxylic acids is 1. The fourth-order valence-corrected chi connectivity index (χ4v) is 2.19. The molecular weight excluding hydrogens is 343 g/mol. The Morgan fingerprint density at radius 1 is 1.00 bits per heavy atom. The lowest BCUT2D eigenvalue weighted by molar-refractivity contribution is 0.102. The van der Waals surface area contributed by atoms with Crippen LogP contribution in [0.4, 0.5) is 15.9 Å². The third-order valence-corrected chi connectivity index (χ3v) is 3.63. The van der Waals surface area contributed by atoms with Gasteiger partial charge in [0.1, 0.15) is 17.3 Å². The standard InChI is InChI=1S/C18H14ClFN4O/c19-13-3-7-15(8-4-13)24-18(25)16-10-23-17(11-21-16)22-9-12-1-5-14(20)6-2-12/h1-8,10-11H,9H2,(H,22,23)(H,24,25). The fourth-order valence-electron chi connectivity index (χ4n) is 2.06. The maximum Gasteiger partial charge on any atom is 0.275 e. The van der Waals surface area contributed by atoms with Crippen molar-refractivity contribution in [2.75, 3.05) is 10.6 Å². The highest BCUT2D eigenvalue weighted by Gasteiger charge is 2.08. The Morgan fingerprint density at radius 3 is 2.36 bits per heavy atom. The van der Waals surface area contributed by atoms with Gasteiger partial charge in [0.05, 0.1) is 12.4 Å². The van der Waals surface area contributed by atoms with Crippen LogP contribution >= 0.6 is 11.6 Å². The van der Waals surface area contributed by atoms with Crippen LogP contribution in [-0.4, -0.2) is 15.9 Å². The molecule has 3 aromatic rings. The number of hydrogen-bond acceptors (Lipinski definition) is 4. The van der Waals surface area contributed by atoms with E-state index in [0.29, 0.717) is 23.1 Å². The molecule has 1 heterocycles. The lowest BCUT2D eigenvalue weighted by Crippen LogP contribution is -2.14. The Kier molecular flexibility index (Phi) is 5.20. The summed E-state index contributed by atoms with van der Waals surface area (Å²) in [5.74, 6) is -0.119. The van der Waals surface area contributed by atoms with Gasteiger partial charge in [-0.3, -0.25) is 4.79 Å². The monoisotopic (exact) mass is 356 g/mol. The highest BCUT2D eigenvalue weighted by atomic mass is 35.5. The Balaban J connectivity index is 1.58. The van der Waals surface area contributed by atoms with Crippen molar-refractivity contribution in [1.82, 2.24) is 9.97 Å². The van der Waals surface area contributed by atoms with Gasteiger partial charge in [-0.25, -0.2) is 14.4 Å². The lowest BCUT2D eigenvalue weighted by atomic mass is 10.2. The molecule has 0 fully saturated rings. The second-order valence-electron chi connectivity index (χ2n) is 5.23. The maximum atomic E-state index is 12.9. The summed E-state index contributed by atoms with van der Waals surface area (Å²) in [7, 11) is 0. The molecule has 0 aliphatic rings. The number of nitrogens with one attached hydrogen (secondary N) is 2. The molecule has 1 aromatic heterocycles. The van der Waals surface area contributed by atoms with Gasteiger partial charge >= 0.3 is 0 Å². The summed E-state index contributed by atoms with van der Waals surface area (Å²) >= 11 is 5.80. The van der Waals surface area contributed by atoms with E-state index in [-0.39, 0.29) is 17.4 Å². The quantitative estimate of drug-likeness (QED) is 0.721. The van der Waals surface area contributed by atoms with Crippen molar-refractivity contribution in [2.24, 2.45) is 0 Å². The van der Waals surface area contributed by atoms with Crippen molar-refractivity contribution in [2.45, 2.75) is 6.54 Å². The first kappa shape index (κ1) is 16.9. The molecule has 0 spiro atoms. The van der Waals surface area contributed by atoms with E-state index in [9.17, 15) is 9.18 Å². The molecule has 0 saturated carbocycles. The molecule has 25 heavy (non-hydrogen) atoms. The Labute approximate surface area is 148 Å². The van der Waals surface area contributed by atoms with E-state index in [0.717, 1.165) is 5.56 Å². The highest BCUT2D eigenvalue weighted by molar-refractivity contribution is 6.30. The van der Waals surface area contributed by atoms with Gasteiger partial charge in [0.15, 0.2) is 0 Å². The van der Waals surface area contributed by atoms with Crippen LogP contribution in [0.2, 0.25) is 5.02 Å². The van der Waals surface area contributed by atoms with Gasteiger partial charge in [-0.05, 0) is 42.0 Å². The first-order valence-electron chi connectivity index (χ1n) is 7.47.